The topological polar surface area (TPSA) is 123 Å². The number of carbonyl (C=O) groups excluding carboxylic acids is 1. The smallest absolute Gasteiger partial charge is 0.234 e. The molecule has 1 aromatic heterocycles. The lowest BCUT2D eigenvalue weighted by Gasteiger charge is -2.34. The molecule has 8 nitrogen and oxygen atoms in total. The monoisotopic (exact) mass is 279 g/mol. The number of nitrogens with two attached hydrogens (primary N) is 1. The van der Waals surface area contributed by atoms with E-state index in [1.54, 1.807) is 18.3 Å². The van der Waals surface area contributed by atoms with Gasteiger partial charge in [-0.3, -0.25) is 4.79 Å². The summed E-state index contributed by atoms with van der Waals surface area (Å²) in [5.74, 6) is -0.376. The average molecular weight is 279 g/mol. The van der Waals surface area contributed by atoms with Gasteiger partial charge in [0, 0.05) is 19.4 Å². The van der Waals surface area contributed by atoms with Gasteiger partial charge in [0.05, 0.1) is 12.2 Å². The first-order valence-electron chi connectivity index (χ1n) is 6.30. The molecule has 0 saturated carbocycles. The zero-order valence-electron chi connectivity index (χ0n) is 11.0. The summed E-state index contributed by atoms with van der Waals surface area (Å²) in [4.78, 5) is 12.4. The minimum Gasteiger partial charge on any atom is -0.409 e. The maximum atomic E-state index is 12.4. The van der Waals surface area contributed by atoms with Crippen molar-refractivity contribution in [3.05, 3.63) is 24.0 Å². The van der Waals surface area contributed by atoms with Gasteiger partial charge in [-0.2, -0.15) is 10.2 Å². The molecule has 4 N–H and O–H groups in total. The molecule has 0 radical (unpaired) electrons. The molecule has 1 aromatic rings. The van der Waals surface area contributed by atoms with E-state index in [0.29, 0.717) is 31.7 Å². The van der Waals surface area contributed by atoms with Crippen LogP contribution in [0.5, 0.6) is 0 Å². The minimum absolute atomic E-state index is 0.0857. The van der Waals surface area contributed by atoms with Gasteiger partial charge in [-0.1, -0.05) is 5.16 Å². The van der Waals surface area contributed by atoms with Crippen LogP contribution in [0.2, 0.25) is 0 Å². The number of rotatable bonds is 4. The lowest BCUT2D eigenvalue weighted by atomic mass is 9.78. The Kier molecular flexibility index (Phi) is 4.46. The molecule has 1 aliphatic rings. The van der Waals surface area contributed by atoms with E-state index < -0.39 is 5.41 Å². The van der Waals surface area contributed by atoms with Gasteiger partial charge in [-0.05, 0) is 25.0 Å². The standard InChI is InChI=1S/C12H17N5O3/c13-10(17-19)12(3-6-20-7-4-12)11(18)14-8-9-2-1-5-15-16-9/h1-2,5,19H,3-4,6-8H2,(H2,13,17)(H,14,18). The number of carbonyl (C=O) groups is 1. The Morgan fingerprint density at radius 3 is 2.90 bits per heavy atom. The number of ether oxygens (including phenoxy) is 1. The third-order valence-electron chi connectivity index (χ3n) is 3.44. The highest BCUT2D eigenvalue weighted by Gasteiger charge is 2.44. The average Bonchev–Trinajstić information content (AvgIpc) is 2.53. The summed E-state index contributed by atoms with van der Waals surface area (Å²) in [5.41, 5.74) is 5.33. The van der Waals surface area contributed by atoms with Crippen molar-refractivity contribution in [2.24, 2.45) is 16.3 Å². The zero-order chi connectivity index (χ0) is 14.4. The van der Waals surface area contributed by atoms with Gasteiger partial charge in [0.1, 0.15) is 5.41 Å². The van der Waals surface area contributed by atoms with E-state index in [2.05, 4.69) is 20.7 Å². The third-order valence-corrected chi connectivity index (χ3v) is 3.44. The Morgan fingerprint density at radius 1 is 1.55 bits per heavy atom. The maximum absolute atomic E-state index is 12.4. The Hall–Kier alpha value is -2.22. The number of nitrogens with one attached hydrogen (secondary N) is 1. The molecule has 0 atom stereocenters. The molecule has 108 valence electrons. The van der Waals surface area contributed by atoms with Gasteiger partial charge < -0.3 is 21.0 Å². The van der Waals surface area contributed by atoms with Crippen molar-refractivity contribution in [1.29, 1.82) is 0 Å². The second kappa shape index (κ2) is 6.29. The molecule has 2 rings (SSSR count). The number of aromatic nitrogens is 2. The third kappa shape index (κ3) is 2.85. The summed E-state index contributed by atoms with van der Waals surface area (Å²) in [7, 11) is 0. The highest BCUT2D eigenvalue weighted by molar-refractivity contribution is 6.06. The first-order chi connectivity index (χ1) is 9.69. The predicted octanol–water partition coefficient (Wildman–Crippen LogP) is -0.364. The molecular formula is C12H17N5O3. The van der Waals surface area contributed by atoms with Crippen molar-refractivity contribution in [3.63, 3.8) is 0 Å². The van der Waals surface area contributed by atoms with E-state index in [0.717, 1.165) is 0 Å². The summed E-state index contributed by atoms with van der Waals surface area (Å²) in [6.45, 7) is 1.04. The molecular weight excluding hydrogens is 262 g/mol. The SMILES string of the molecule is N/C(=N/O)C1(C(=O)NCc2cccnn2)CCOCC1. The van der Waals surface area contributed by atoms with Crippen LogP contribution in [0.4, 0.5) is 0 Å². The predicted molar refractivity (Wildman–Crippen MR) is 69.8 cm³/mol. The van der Waals surface area contributed by atoms with Crippen LogP contribution in [0.25, 0.3) is 0 Å². The van der Waals surface area contributed by atoms with Gasteiger partial charge >= 0.3 is 0 Å². The normalized spacial score (nSPS) is 18.5. The first-order valence-corrected chi connectivity index (χ1v) is 6.30. The number of hydrogen-bond acceptors (Lipinski definition) is 6. The van der Waals surface area contributed by atoms with Crippen LogP contribution < -0.4 is 11.1 Å². The van der Waals surface area contributed by atoms with Crippen LogP contribution in [-0.4, -0.2) is 40.4 Å². The number of amides is 1. The van der Waals surface area contributed by atoms with Gasteiger partial charge in [-0.25, -0.2) is 0 Å². The second-order valence-corrected chi connectivity index (χ2v) is 4.58. The number of nitrogens with zero attached hydrogens (tertiary/aromatic N) is 3. The Balaban J connectivity index is 2.07. The van der Waals surface area contributed by atoms with Crippen molar-refractivity contribution in [2.45, 2.75) is 19.4 Å². The molecule has 0 bridgehead atoms. The van der Waals surface area contributed by atoms with Crippen LogP contribution in [0.3, 0.4) is 0 Å². The Labute approximate surface area is 116 Å². The van der Waals surface area contributed by atoms with E-state index in [9.17, 15) is 4.79 Å². The Bertz CT molecular complexity index is 485. The lowest BCUT2D eigenvalue weighted by molar-refractivity contribution is -0.131. The summed E-state index contributed by atoms with van der Waals surface area (Å²) in [5, 5.41) is 22.3. The molecule has 0 unspecified atom stereocenters. The molecule has 1 aliphatic heterocycles. The molecule has 8 heteroatoms. The van der Waals surface area contributed by atoms with Crippen LogP contribution in [0.15, 0.2) is 23.5 Å². The van der Waals surface area contributed by atoms with Gasteiger partial charge in [0.25, 0.3) is 0 Å². The van der Waals surface area contributed by atoms with Crippen molar-refractivity contribution in [1.82, 2.24) is 15.5 Å². The maximum Gasteiger partial charge on any atom is 0.234 e. The quantitative estimate of drug-likeness (QED) is 0.299. The summed E-state index contributed by atoms with van der Waals surface area (Å²) < 4.78 is 5.24. The molecule has 1 saturated heterocycles. The van der Waals surface area contributed by atoms with Crippen LogP contribution in [0.1, 0.15) is 18.5 Å². The lowest BCUT2D eigenvalue weighted by Crippen LogP contribution is -2.52. The van der Waals surface area contributed by atoms with E-state index in [1.165, 1.54) is 0 Å². The summed E-state index contributed by atoms with van der Waals surface area (Å²) >= 11 is 0. The largest absolute Gasteiger partial charge is 0.409 e. The first kappa shape index (κ1) is 14.2. The molecule has 0 aliphatic carbocycles. The van der Waals surface area contributed by atoms with Gasteiger partial charge in [0.2, 0.25) is 5.91 Å². The minimum atomic E-state index is -1.02. The number of amidine groups is 1. The Morgan fingerprint density at radius 2 is 2.30 bits per heavy atom. The number of hydrogen-bond donors (Lipinski definition) is 3. The van der Waals surface area contributed by atoms with Gasteiger partial charge in [0.15, 0.2) is 5.84 Å². The van der Waals surface area contributed by atoms with E-state index in [1.807, 2.05) is 0 Å². The van der Waals surface area contributed by atoms with Crippen LogP contribution >= 0.6 is 0 Å². The van der Waals surface area contributed by atoms with Crippen LogP contribution in [0, 0.1) is 5.41 Å². The second-order valence-electron chi connectivity index (χ2n) is 4.58. The van der Waals surface area contributed by atoms with Gasteiger partial charge in [-0.15, -0.1) is 0 Å². The van der Waals surface area contributed by atoms with Crippen molar-refractivity contribution in [2.75, 3.05) is 13.2 Å². The summed E-state index contributed by atoms with van der Waals surface area (Å²) in [6, 6.07) is 3.50. The number of oxime groups is 1. The molecule has 20 heavy (non-hydrogen) atoms. The molecule has 1 amide bonds. The highest BCUT2D eigenvalue weighted by atomic mass is 16.5. The van der Waals surface area contributed by atoms with Crippen molar-refractivity contribution < 1.29 is 14.7 Å². The van der Waals surface area contributed by atoms with Crippen LogP contribution in [-0.2, 0) is 16.1 Å². The van der Waals surface area contributed by atoms with Crippen molar-refractivity contribution >= 4 is 11.7 Å². The summed E-state index contributed by atoms with van der Waals surface area (Å²) in [6.07, 6.45) is 2.33. The van der Waals surface area contributed by atoms with Crippen molar-refractivity contribution in [3.8, 4) is 0 Å². The van der Waals surface area contributed by atoms with E-state index in [4.69, 9.17) is 15.7 Å². The van der Waals surface area contributed by atoms with E-state index in [-0.39, 0.29) is 18.3 Å². The fourth-order valence-electron chi connectivity index (χ4n) is 2.18. The highest BCUT2D eigenvalue weighted by Crippen LogP contribution is 2.31. The molecule has 0 spiro atoms. The zero-order valence-corrected chi connectivity index (χ0v) is 11.0. The molecule has 0 aromatic carbocycles. The molecule has 2 heterocycles. The van der Waals surface area contributed by atoms with E-state index >= 15 is 0 Å². The fourth-order valence-corrected chi connectivity index (χ4v) is 2.18. The molecule has 1 fully saturated rings. The fraction of sp³-hybridized carbons (Fsp3) is 0.500.